The zero-order chi connectivity index (χ0) is 17.3. The summed E-state index contributed by atoms with van der Waals surface area (Å²) in [5.41, 5.74) is 0.287. The largest absolute Gasteiger partial charge is 0.332 e. The summed E-state index contributed by atoms with van der Waals surface area (Å²) in [4.78, 5) is 30.3. The van der Waals surface area contributed by atoms with Gasteiger partial charge in [-0.05, 0) is 24.3 Å². The number of aryl methyl sites for hydroxylation is 2. The molecule has 3 aromatic heterocycles. The highest BCUT2D eigenvalue weighted by Gasteiger charge is 2.14. The molecular formula is C15H17ClN4O2S2. The predicted molar refractivity (Wildman–Crippen MR) is 100 cm³/mol. The second-order valence-corrected chi connectivity index (χ2v) is 8.34. The molecule has 128 valence electrons. The number of fused-ring (bicyclic) bond motifs is 1. The standard InChI is InChI=1S/C15H17ClN4O2S2/c1-18-9-17-13-12(18)14(21)20(15(22)19(13)2)6-3-7-23-8-10-4-5-11(16)24-10/h4-5,9H,3,6-8H2,1-2H3. The van der Waals surface area contributed by atoms with Crippen molar-refractivity contribution in [2.45, 2.75) is 18.7 Å². The summed E-state index contributed by atoms with van der Waals surface area (Å²) >= 11 is 9.26. The van der Waals surface area contributed by atoms with Crippen LogP contribution in [0.1, 0.15) is 11.3 Å². The maximum absolute atomic E-state index is 12.5. The Labute approximate surface area is 151 Å². The number of imidazole rings is 1. The minimum Gasteiger partial charge on any atom is -0.328 e. The Morgan fingerprint density at radius 3 is 2.79 bits per heavy atom. The summed E-state index contributed by atoms with van der Waals surface area (Å²) in [6.07, 6.45) is 2.31. The number of aromatic nitrogens is 4. The molecule has 0 amide bonds. The van der Waals surface area contributed by atoms with Crippen LogP contribution in [0, 0.1) is 0 Å². The van der Waals surface area contributed by atoms with Crippen LogP contribution in [0.4, 0.5) is 0 Å². The highest BCUT2D eigenvalue weighted by molar-refractivity contribution is 7.98. The van der Waals surface area contributed by atoms with Gasteiger partial charge in [-0.3, -0.25) is 13.9 Å². The molecule has 0 bridgehead atoms. The lowest BCUT2D eigenvalue weighted by Gasteiger charge is -2.08. The molecule has 0 aliphatic rings. The van der Waals surface area contributed by atoms with Crippen LogP contribution < -0.4 is 11.2 Å². The zero-order valence-corrected chi connectivity index (χ0v) is 15.7. The van der Waals surface area contributed by atoms with Gasteiger partial charge in [0, 0.05) is 31.3 Å². The van der Waals surface area contributed by atoms with Crippen molar-refractivity contribution in [3.05, 3.63) is 48.5 Å². The quantitative estimate of drug-likeness (QED) is 0.612. The molecule has 0 aromatic carbocycles. The first-order valence-electron chi connectivity index (χ1n) is 7.42. The van der Waals surface area contributed by atoms with E-state index in [1.807, 2.05) is 12.1 Å². The first-order valence-corrected chi connectivity index (χ1v) is 9.76. The van der Waals surface area contributed by atoms with E-state index in [4.69, 9.17) is 11.6 Å². The molecule has 0 saturated carbocycles. The maximum atomic E-state index is 12.5. The molecule has 0 atom stereocenters. The summed E-state index contributed by atoms with van der Waals surface area (Å²) in [7, 11) is 3.40. The predicted octanol–water partition coefficient (Wildman–Crippen LogP) is 2.47. The molecule has 3 rings (SSSR count). The molecule has 0 radical (unpaired) electrons. The van der Waals surface area contributed by atoms with E-state index in [1.54, 1.807) is 48.1 Å². The second kappa shape index (κ2) is 7.16. The summed E-state index contributed by atoms with van der Waals surface area (Å²) in [5, 5.41) is 0. The molecule has 0 aliphatic carbocycles. The van der Waals surface area contributed by atoms with Gasteiger partial charge in [-0.2, -0.15) is 11.8 Å². The van der Waals surface area contributed by atoms with Crippen LogP contribution in [0.5, 0.6) is 0 Å². The van der Waals surface area contributed by atoms with E-state index in [2.05, 4.69) is 4.98 Å². The highest BCUT2D eigenvalue weighted by Crippen LogP contribution is 2.25. The van der Waals surface area contributed by atoms with Crippen molar-refractivity contribution in [1.29, 1.82) is 0 Å². The van der Waals surface area contributed by atoms with E-state index in [0.29, 0.717) is 17.7 Å². The van der Waals surface area contributed by atoms with Crippen molar-refractivity contribution < 1.29 is 0 Å². The third kappa shape index (κ3) is 3.31. The highest BCUT2D eigenvalue weighted by atomic mass is 35.5. The van der Waals surface area contributed by atoms with Crippen molar-refractivity contribution in [1.82, 2.24) is 18.7 Å². The van der Waals surface area contributed by atoms with Gasteiger partial charge in [0.2, 0.25) is 0 Å². The SMILES string of the molecule is Cn1cnc2c1c(=O)n(CCCSCc1ccc(Cl)s1)c(=O)n2C. The number of hydrogen-bond acceptors (Lipinski definition) is 5. The summed E-state index contributed by atoms with van der Waals surface area (Å²) in [6, 6.07) is 3.92. The maximum Gasteiger partial charge on any atom is 0.332 e. The lowest BCUT2D eigenvalue weighted by molar-refractivity contribution is 0.594. The fraction of sp³-hybridized carbons (Fsp3) is 0.400. The zero-order valence-electron chi connectivity index (χ0n) is 13.4. The molecule has 3 heterocycles. The van der Waals surface area contributed by atoms with Gasteiger partial charge in [-0.25, -0.2) is 9.78 Å². The van der Waals surface area contributed by atoms with Gasteiger partial charge in [0.05, 0.1) is 10.7 Å². The van der Waals surface area contributed by atoms with Gasteiger partial charge < -0.3 is 4.57 Å². The number of nitrogens with zero attached hydrogens (tertiary/aromatic N) is 4. The fourth-order valence-corrected chi connectivity index (χ4v) is 4.66. The molecule has 0 fully saturated rings. The number of rotatable bonds is 6. The molecule has 0 spiro atoms. The normalized spacial score (nSPS) is 11.5. The van der Waals surface area contributed by atoms with E-state index in [1.165, 1.54) is 14.0 Å². The Morgan fingerprint density at radius 2 is 2.08 bits per heavy atom. The fourth-order valence-electron chi connectivity index (χ4n) is 2.52. The average Bonchev–Trinajstić information content (AvgIpc) is 3.14. The van der Waals surface area contributed by atoms with Crippen LogP contribution in [0.3, 0.4) is 0 Å². The Bertz CT molecular complexity index is 986. The van der Waals surface area contributed by atoms with E-state index >= 15 is 0 Å². The van der Waals surface area contributed by atoms with Gasteiger partial charge in [0.15, 0.2) is 11.2 Å². The van der Waals surface area contributed by atoms with Crippen LogP contribution >= 0.6 is 34.7 Å². The molecule has 0 saturated heterocycles. The van der Waals surface area contributed by atoms with Gasteiger partial charge in [-0.15, -0.1) is 11.3 Å². The third-order valence-electron chi connectivity index (χ3n) is 3.74. The van der Waals surface area contributed by atoms with Gasteiger partial charge in [-0.1, -0.05) is 11.6 Å². The van der Waals surface area contributed by atoms with E-state index in [0.717, 1.165) is 22.3 Å². The molecule has 3 aromatic rings. The smallest absolute Gasteiger partial charge is 0.328 e. The third-order valence-corrected chi connectivity index (χ3v) is 6.25. The first kappa shape index (κ1) is 17.3. The first-order chi connectivity index (χ1) is 11.5. The number of thiophene rings is 1. The minimum atomic E-state index is -0.318. The van der Waals surface area contributed by atoms with Gasteiger partial charge >= 0.3 is 5.69 Å². The Balaban J connectivity index is 1.68. The summed E-state index contributed by atoms with van der Waals surface area (Å²) in [6.45, 7) is 0.408. The number of hydrogen-bond donors (Lipinski definition) is 0. The lowest BCUT2D eigenvalue weighted by atomic mass is 10.4. The Hall–Kier alpha value is -1.51. The molecule has 0 N–H and O–H groups in total. The lowest BCUT2D eigenvalue weighted by Crippen LogP contribution is -2.39. The van der Waals surface area contributed by atoms with Gasteiger partial charge in [0.25, 0.3) is 5.56 Å². The molecule has 6 nitrogen and oxygen atoms in total. The van der Waals surface area contributed by atoms with Crippen molar-refractivity contribution in [2.24, 2.45) is 14.1 Å². The molecule has 0 unspecified atom stereocenters. The average molecular weight is 385 g/mol. The van der Waals surface area contributed by atoms with Crippen LogP contribution in [0.2, 0.25) is 4.34 Å². The Morgan fingerprint density at radius 1 is 1.29 bits per heavy atom. The number of thioether (sulfide) groups is 1. The van der Waals surface area contributed by atoms with E-state index in [-0.39, 0.29) is 11.2 Å². The topological polar surface area (TPSA) is 61.8 Å². The van der Waals surface area contributed by atoms with Crippen LogP contribution in [-0.4, -0.2) is 24.4 Å². The monoisotopic (exact) mass is 384 g/mol. The van der Waals surface area contributed by atoms with Crippen molar-refractivity contribution >= 4 is 45.9 Å². The van der Waals surface area contributed by atoms with Crippen molar-refractivity contribution in [2.75, 3.05) is 5.75 Å². The summed E-state index contributed by atoms with van der Waals surface area (Å²) in [5.74, 6) is 1.76. The summed E-state index contributed by atoms with van der Waals surface area (Å²) < 4.78 is 5.18. The van der Waals surface area contributed by atoms with Crippen LogP contribution in [-0.2, 0) is 26.4 Å². The van der Waals surface area contributed by atoms with Crippen molar-refractivity contribution in [3.8, 4) is 0 Å². The van der Waals surface area contributed by atoms with E-state index < -0.39 is 0 Å². The number of halogens is 1. The van der Waals surface area contributed by atoms with E-state index in [9.17, 15) is 9.59 Å². The molecular weight excluding hydrogens is 368 g/mol. The van der Waals surface area contributed by atoms with Crippen LogP contribution in [0.25, 0.3) is 11.2 Å². The molecule has 24 heavy (non-hydrogen) atoms. The van der Waals surface area contributed by atoms with Crippen molar-refractivity contribution in [3.63, 3.8) is 0 Å². The molecule has 9 heteroatoms. The van der Waals surface area contributed by atoms with Gasteiger partial charge in [0.1, 0.15) is 0 Å². The molecule has 0 aliphatic heterocycles. The minimum absolute atomic E-state index is 0.275. The van der Waals surface area contributed by atoms with Crippen LogP contribution in [0.15, 0.2) is 28.0 Å². The second-order valence-electron chi connectivity index (χ2n) is 5.44. The Kier molecular flexibility index (Phi) is 5.17.